The van der Waals surface area contributed by atoms with E-state index in [4.69, 9.17) is 0 Å². The van der Waals surface area contributed by atoms with Gasteiger partial charge in [-0.15, -0.1) is 0 Å². The SMILES string of the molecule is Cc1cncc([C@@H]2CCCN2Cc2ccccc2C(=O)O)n1. The van der Waals surface area contributed by atoms with Crippen LogP contribution in [0, 0.1) is 6.92 Å². The highest BCUT2D eigenvalue weighted by Gasteiger charge is 2.28. The highest BCUT2D eigenvalue weighted by molar-refractivity contribution is 5.89. The fourth-order valence-corrected chi connectivity index (χ4v) is 3.08. The molecule has 2 heterocycles. The van der Waals surface area contributed by atoms with Gasteiger partial charge in [-0.3, -0.25) is 14.9 Å². The molecule has 0 spiro atoms. The van der Waals surface area contributed by atoms with Crippen LogP contribution in [0.5, 0.6) is 0 Å². The first kappa shape index (κ1) is 14.7. The summed E-state index contributed by atoms with van der Waals surface area (Å²) in [6.45, 7) is 3.52. The Morgan fingerprint density at radius 1 is 1.36 bits per heavy atom. The van der Waals surface area contributed by atoms with Gasteiger partial charge in [-0.25, -0.2) is 4.79 Å². The molecule has 22 heavy (non-hydrogen) atoms. The number of rotatable bonds is 4. The van der Waals surface area contributed by atoms with Crippen LogP contribution in [0.3, 0.4) is 0 Å². The maximum Gasteiger partial charge on any atom is 0.336 e. The van der Waals surface area contributed by atoms with Crippen LogP contribution < -0.4 is 0 Å². The molecule has 1 aromatic carbocycles. The zero-order valence-electron chi connectivity index (χ0n) is 12.6. The number of benzene rings is 1. The van der Waals surface area contributed by atoms with E-state index >= 15 is 0 Å². The minimum Gasteiger partial charge on any atom is -0.478 e. The zero-order chi connectivity index (χ0) is 15.5. The summed E-state index contributed by atoms with van der Waals surface area (Å²) in [5.41, 5.74) is 3.12. The third-order valence-electron chi connectivity index (χ3n) is 4.10. The highest BCUT2D eigenvalue weighted by atomic mass is 16.4. The number of carboxylic acids is 1. The Kier molecular flexibility index (Phi) is 4.15. The Balaban J connectivity index is 1.84. The lowest BCUT2D eigenvalue weighted by Gasteiger charge is -2.24. The second kappa shape index (κ2) is 6.23. The Bertz CT molecular complexity index is 687. The first-order valence-corrected chi connectivity index (χ1v) is 7.49. The molecule has 5 heteroatoms. The third kappa shape index (κ3) is 2.99. The quantitative estimate of drug-likeness (QED) is 0.940. The molecule has 0 amide bonds. The standard InChI is InChI=1S/C17H19N3O2/c1-12-9-18-10-15(19-12)16-7-4-8-20(16)11-13-5-2-3-6-14(13)17(21)22/h2-3,5-6,9-10,16H,4,7-8,11H2,1H3,(H,21,22)/t16-/m0/s1. The maximum atomic E-state index is 11.4. The van der Waals surface area contributed by atoms with E-state index in [0.29, 0.717) is 12.1 Å². The lowest BCUT2D eigenvalue weighted by molar-refractivity contribution is 0.0694. The van der Waals surface area contributed by atoms with E-state index in [9.17, 15) is 9.90 Å². The number of aryl methyl sites for hydroxylation is 1. The van der Waals surface area contributed by atoms with Crippen LogP contribution in [0.2, 0.25) is 0 Å². The van der Waals surface area contributed by atoms with Crippen LogP contribution in [-0.4, -0.2) is 32.5 Å². The second-order valence-corrected chi connectivity index (χ2v) is 5.68. The first-order valence-electron chi connectivity index (χ1n) is 7.49. The van der Waals surface area contributed by atoms with Gasteiger partial charge in [0.2, 0.25) is 0 Å². The summed E-state index contributed by atoms with van der Waals surface area (Å²) in [5, 5.41) is 9.32. The number of hydrogen-bond donors (Lipinski definition) is 1. The lowest BCUT2D eigenvalue weighted by atomic mass is 10.1. The number of carbonyl (C=O) groups is 1. The van der Waals surface area contributed by atoms with Crippen molar-refractivity contribution < 1.29 is 9.90 Å². The summed E-state index contributed by atoms with van der Waals surface area (Å²) in [6.07, 6.45) is 5.70. The second-order valence-electron chi connectivity index (χ2n) is 5.68. The van der Waals surface area contributed by atoms with Gasteiger partial charge in [0, 0.05) is 18.9 Å². The summed E-state index contributed by atoms with van der Waals surface area (Å²) in [7, 11) is 0. The third-order valence-corrected chi connectivity index (χ3v) is 4.10. The number of aromatic carboxylic acids is 1. The molecule has 3 rings (SSSR count). The van der Waals surface area contributed by atoms with E-state index in [0.717, 1.165) is 36.3 Å². The molecule has 1 saturated heterocycles. The molecule has 1 aliphatic rings. The topological polar surface area (TPSA) is 66.3 Å². The molecule has 0 aliphatic carbocycles. The van der Waals surface area contributed by atoms with Gasteiger partial charge in [0.1, 0.15) is 0 Å². The van der Waals surface area contributed by atoms with Crippen LogP contribution in [0.25, 0.3) is 0 Å². The Morgan fingerprint density at radius 2 is 2.18 bits per heavy atom. The molecule has 0 saturated carbocycles. The average Bonchev–Trinajstić information content (AvgIpc) is 2.96. The van der Waals surface area contributed by atoms with E-state index in [2.05, 4.69) is 14.9 Å². The normalized spacial score (nSPS) is 18.5. The number of nitrogens with zero attached hydrogens (tertiary/aromatic N) is 3. The summed E-state index contributed by atoms with van der Waals surface area (Å²) in [6, 6.07) is 7.42. The van der Waals surface area contributed by atoms with Crippen molar-refractivity contribution in [1.82, 2.24) is 14.9 Å². The van der Waals surface area contributed by atoms with Gasteiger partial charge in [0.25, 0.3) is 0 Å². The molecular weight excluding hydrogens is 278 g/mol. The van der Waals surface area contributed by atoms with Crippen molar-refractivity contribution in [2.24, 2.45) is 0 Å². The zero-order valence-corrected chi connectivity index (χ0v) is 12.6. The van der Waals surface area contributed by atoms with Crippen LogP contribution in [-0.2, 0) is 6.54 Å². The number of carboxylic acid groups (broad SMARTS) is 1. The van der Waals surface area contributed by atoms with Crippen LogP contribution >= 0.6 is 0 Å². The molecule has 1 N–H and O–H groups in total. The molecule has 1 fully saturated rings. The minimum absolute atomic E-state index is 0.217. The molecule has 2 aromatic rings. The molecule has 1 aliphatic heterocycles. The molecule has 114 valence electrons. The van der Waals surface area contributed by atoms with Crippen molar-refractivity contribution in [1.29, 1.82) is 0 Å². The predicted molar refractivity (Wildman–Crippen MR) is 82.6 cm³/mol. The van der Waals surface area contributed by atoms with Crippen molar-refractivity contribution in [2.45, 2.75) is 32.4 Å². The summed E-state index contributed by atoms with van der Waals surface area (Å²) in [4.78, 5) is 22.5. The van der Waals surface area contributed by atoms with Gasteiger partial charge in [-0.1, -0.05) is 18.2 Å². The minimum atomic E-state index is -0.873. The Hall–Kier alpha value is -2.27. The van der Waals surface area contributed by atoms with E-state index in [1.54, 1.807) is 18.3 Å². The van der Waals surface area contributed by atoms with E-state index in [1.165, 1.54) is 0 Å². The monoisotopic (exact) mass is 297 g/mol. The van der Waals surface area contributed by atoms with Gasteiger partial charge < -0.3 is 5.11 Å². The van der Waals surface area contributed by atoms with Crippen LogP contribution in [0.4, 0.5) is 0 Å². The maximum absolute atomic E-state index is 11.4. The summed E-state index contributed by atoms with van der Waals surface area (Å²) in [5.74, 6) is -0.873. The van der Waals surface area contributed by atoms with Crippen molar-refractivity contribution in [3.8, 4) is 0 Å². The van der Waals surface area contributed by atoms with Crippen molar-refractivity contribution in [3.63, 3.8) is 0 Å². The molecular formula is C17H19N3O2. The Labute approximate surface area is 129 Å². The average molecular weight is 297 g/mol. The molecule has 1 aromatic heterocycles. The summed E-state index contributed by atoms with van der Waals surface area (Å²) < 4.78 is 0. The Morgan fingerprint density at radius 3 is 2.95 bits per heavy atom. The van der Waals surface area contributed by atoms with Crippen molar-refractivity contribution in [2.75, 3.05) is 6.54 Å². The molecule has 1 atom stereocenters. The van der Waals surface area contributed by atoms with E-state index < -0.39 is 5.97 Å². The highest BCUT2D eigenvalue weighted by Crippen LogP contribution is 2.32. The van der Waals surface area contributed by atoms with Gasteiger partial charge >= 0.3 is 5.97 Å². The van der Waals surface area contributed by atoms with E-state index in [-0.39, 0.29) is 6.04 Å². The lowest BCUT2D eigenvalue weighted by Crippen LogP contribution is -2.24. The summed E-state index contributed by atoms with van der Waals surface area (Å²) >= 11 is 0. The molecule has 0 radical (unpaired) electrons. The van der Waals surface area contributed by atoms with Gasteiger partial charge in [-0.2, -0.15) is 0 Å². The molecule has 0 unspecified atom stereocenters. The number of hydrogen-bond acceptors (Lipinski definition) is 4. The smallest absolute Gasteiger partial charge is 0.336 e. The first-order chi connectivity index (χ1) is 10.6. The van der Waals surface area contributed by atoms with E-state index in [1.807, 2.05) is 25.3 Å². The molecule has 5 nitrogen and oxygen atoms in total. The fourth-order valence-electron chi connectivity index (χ4n) is 3.08. The fraction of sp³-hybridized carbons (Fsp3) is 0.353. The van der Waals surface area contributed by atoms with Crippen molar-refractivity contribution >= 4 is 5.97 Å². The largest absolute Gasteiger partial charge is 0.478 e. The van der Waals surface area contributed by atoms with Crippen LogP contribution in [0.15, 0.2) is 36.7 Å². The van der Waals surface area contributed by atoms with Gasteiger partial charge in [-0.05, 0) is 37.9 Å². The number of aromatic nitrogens is 2. The van der Waals surface area contributed by atoms with Crippen molar-refractivity contribution in [3.05, 3.63) is 59.2 Å². The van der Waals surface area contributed by atoms with Crippen LogP contribution in [0.1, 0.15) is 46.2 Å². The predicted octanol–water partition coefficient (Wildman–Crippen LogP) is 2.82. The number of likely N-dealkylation sites (tertiary alicyclic amines) is 1. The van der Waals surface area contributed by atoms with Gasteiger partial charge in [0.05, 0.1) is 23.0 Å². The van der Waals surface area contributed by atoms with Gasteiger partial charge in [0.15, 0.2) is 0 Å². The molecule has 0 bridgehead atoms.